The van der Waals surface area contributed by atoms with Gasteiger partial charge in [-0.3, -0.25) is 0 Å². The first kappa shape index (κ1) is 22.0. The second kappa shape index (κ2) is 10.2. The van der Waals surface area contributed by atoms with Crippen molar-refractivity contribution < 1.29 is 31.9 Å². The van der Waals surface area contributed by atoms with E-state index in [1.54, 1.807) is 6.08 Å². The van der Waals surface area contributed by atoms with E-state index >= 15 is 0 Å². The van der Waals surface area contributed by atoms with Crippen molar-refractivity contribution in [3.63, 3.8) is 0 Å². The second-order valence-corrected chi connectivity index (χ2v) is 5.70. The number of hydrogen-bond acceptors (Lipinski definition) is 4. The van der Waals surface area contributed by atoms with E-state index in [4.69, 9.17) is 4.74 Å². The van der Waals surface area contributed by atoms with E-state index in [0.29, 0.717) is 6.61 Å². The quantitative estimate of drug-likeness (QED) is 0.513. The van der Waals surface area contributed by atoms with Gasteiger partial charge in [0.15, 0.2) is 0 Å². The van der Waals surface area contributed by atoms with E-state index < -0.39 is 6.41 Å². The van der Waals surface area contributed by atoms with Crippen LogP contribution in [0.5, 0.6) is 0 Å². The summed E-state index contributed by atoms with van der Waals surface area (Å²) in [6.45, 7) is 2.26. The van der Waals surface area contributed by atoms with Crippen LogP contribution >= 0.6 is 0 Å². The molecule has 3 atom stereocenters. The number of rotatable bonds is 4. The zero-order chi connectivity index (χ0) is 16.2. The van der Waals surface area contributed by atoms with E-state index in [2.05, 4.69) is 0 Å². The molecule has 25 heavy (non-hydrogen) atoms. The Kier molecular flexibility index (Phi) is 8.95. The average Bonchev–Trinajstić information content (AvgIpc) is 2.98. The van der Waals surface area contributed by atoms with Crippen molar-refractivity contribution in [2.75, 3.05) is 6.61 Å². The summed E-state index contributed by atoms with van der Waals surface area (Å²) in [5.74, 6) is -0.256. The number of ether oxygens (including phenoxy) is 1. The van der Waals surface area contributed by atoms with Crippen LogP contribution < -0.4 is 22.1 Å². The molecule has 0 radical (unpaired) electrons. The van der Waals surface area contributed by atoms with E-state index in [9.17, 15) is 10.2 Å². The molecule has 6 heteroatoms. The first-order valence-corrected chi connectivity index (χ1v) is 7.73. The summed E-state index contributed by atoms with van der Waals surface area (Å²) < 4.78 is 5.28. The standard InChI is InChI=1S/C19H21NO3.BrH.Mg/c1-14(15-8-4-2-5-9-15)12-18(21)20-17(13-23-19(20)22)16-10-6-3-7-11-16;;/h2-12,14,17,19,21-22H,13H2,1H3;1H;/q;;+2/p-2/b18-12-;;/t14-,17+,19?;;/m1../s1. The van der Waals surface area contributed by atoms with Gasteiger partial charge < -0.3 is 36.8 Å². The summed E-state index contributed by atoms with van der Waals surface area (Å²) in [7, 11) is 0. The number of hydrogen-bond donors (Lipinski definition) is 1. The van der Waals surface area contributed by atoms with Crippen LogP contribution in [0.3, 0.4) is 0 Å². The molecule has 2 aromatic carbocycles. The van der Waals surface area contributed by atoms with Gasteiger partial charge in [0, 0.05) is 5.92 Å². The minimum Gasteiger partial charge on any atom is -1.00 e. The van der Waals surface area contributed by atoms with Crippen molar-refractivity contribution >= 4 is 23.1 Å². The van der Waals surface area contributed by atoms with Crippen LogP contribution in [0, 0.1) is 0 Å². The maximum atomic E-state index is 12.7. The maximum absolute atomic E-state index is 12.7. The third-order valence-electron chi connectivity index (χ3n) is 4.13. The molecule has 1 aliphatic rings. The van der Waals surface area contributed by atoms with Crippen LogP contribution in [-0.4, -0.2) is 46.1 Å². The molecule has 0 bridgehead atoms. The number of benzene rings is 2. The average molecular weight is 415 g/mol. The summed E-state index contributed by atoms with van der Waals surface area (Å²) in [6, 6.07) is 19.2. The number of nitrogens with zero attached hydrogens (tertiary/aromatic N) is 1. The molecule has 128 valence electrons. The van der Waals surface area contributed by atoms with Crippen molar-refractivity contribution in [1.82, 2.24) is 4.90 Å². The van der Waals surface area contributed by atoms with Gasteiger partial charge in [-0.15, -0.1) is 0 Å². The smallest absolute Gasteiger partial charge is 1.00 e. The third-order valence-corrected chi connectivity index (χ3v) is 4.13. The Hall–Kier alpha value is -1.05. The van der Waals surface area contributed by atoms with Gasteiger partial charge in [-0.1, -0.05) is 73.7 Å². The molecule has 0 aromatic heterocycles. The van der Waals surface area contributed by atoms with Crippen LogP contribution in [-0.2, 0) is 4.74 Å². The molecule has 0 amide bonds. The molecular weight excluding hydrogens is 394 g/mol. The summed E-state index contributed by atoms with van der Waals surface area (Å²) in [5, 5.41) is 22.7. The van der Waals surface area contributed by atoms with Crippen LogP contribution in [0.2, 0.25) is 0 Å². The molecule has 1 N–H and O–H groups in total. The first-order valence-electron chi connectivity index (χ1n) is 7.73. The number of aliphatic hydroxyl groups is 1. The van der Waals surface area contributed by atoms with Gasteiger partial charge in [0.05, 0.1) is 12.6 Å². The normalized spacial score (nSPS) is 21.2. The minimum atomic E-state index is -1.20. The molecule has 0 saturated carbocycles. The predicted octanol–water partition coefficient (Wildman–Crippen LogP) is -1.04. The Morgan fingerprint density at radius 1 is 1.16 bits per heavy atom. The Bertz CT molecular complexity index is 669. The van der Waals surface area contributed by atoms with Crippen LogP contribution in [0.4, 0.5) is 0 Å². The maximum Gasteiger partial charge on any atom is 2.00 e. The van der Waals surface area contributed by atoms with Gasteiger partial charge in [0.2, 0.25) is 6.41 Å². The van der Waals surface area contributed by atoms with Gasteiger partial charge in [-0.2, -0.15) is 0 Å². The van der Waals surface area contributed by atoms with E-state index in [1.165, 1.54) is 4.90 Å². The SMILES string of the molecule is C[C@H](/C=C(\[O-])N1C(O)OC[C@H]1c1ccccc1)c1ccccc1.[Br-].[Mg+2]. The summed E-state index contributed by atoms with van der Waals surface area (Å²) in [5.41, 5.74) is 2.02. The topological polar surface area (TPSA) is 55.8 Å². The molecule has 0 aliphatic carbocycles. The largest absolute Gasteiger partial charge is 2.00 e. The molecule has 1 fully saturated rings. The molecule has 0 spiro atoms. The number of halogens is 1. The third kappa shape index (κ3) is 5.21. The summed E-state index contributed by atoms with van der Waals surface area (Å²) in [4.78, 5) is 1.40. The summed E-state index contributed by atoms with van der Waals surface area (Å²) in [6.07, 6.45) is 0.426. The van der Waals surface area contributed by atoms with Crippen LogP contribution in [0.15, 0.2) is 72.6 Å². The van der Waals surface area contributed by atoms with E-state index in [1.807, 2.05) is 67.6 Å². The predicted molar refractivity (Wildman–Crippen MR) is 91.7 cm³/mol. The van der Waals surface area contributed by atoms with Crippen molar-refractivity contribution in [2.24, 2.45) is 0 Å². The molecule has 4 nitrogen and oxygen atoms in total. The number of allylic oxidation sites excluding steroid dienone is 1. The van der Waals surface area contributed by atoms with Gasteiger partial charge in [-0.25, -0.2) is 0 Å². The zero-order valence-electron chi connectivity index (χ0n) is 14.1. The van der Waals surface area contributed by atoms with Crippen molar-refractivity contribution in [3.8, 4) is 0 Å². The fourth-order valence-corrected chi connectivity index (χ4v) is 2.84. The Labute approximate surface area is 175 Å². The molecule has 1 heterocycles. The first-order chi connectivity index (χ1) is 11.2. The van der Waals surface area contributed by atoms with Crippen molar-refractivity contribution in [2.45, 2.75) is 25.3 Å². The van der Waals surface area contributed by atoms with Crippen LogP contribution in [0.1, 0.15) is 30.0 Å². The monoisotopic (exact) mass is 413 g/mol. The number of aliphatic hydroxyl groups excluding tert-OH is 1. The molecule has 3 rings (SSSR count). The molecule has 1 saturated heterocycles. The van der Waals surface area contributed by atoms with Gasteiger partial charge >= 0.3 is 23.1 Å². The fraction of sp³-hybridized carbons (Fsp3) is 0.263. The van der Waals surface area contributed by atoms with Crippen molar-refractivity contribution in [3.05, 3.63) is 83.7 Å². The van der Waals surface area contributed by atoms with E-state index in [-0.39, 0.29) is 57.9 Å². The van der Waals surface area contributed by atoms with Crippen LogP contribution in [0.25, 0.3) is 0 Å². The Morgan fingerprint density at radius 2 is 1.72 bits per heavy atom. The molecule has 2 aromatic rings. The Morgan fingerprint density at radius 3 is 2.32 bits per heavy atom. The van der Waals surface area contributed by atoms with E-state index in [0.717, 1.165) is 11.1 Å². The molecule has 1 aliphatic heterocycles. The van der Waals surface area contributed by atoms with Crippen molar-refractivity contribution in [1.29, 1.82) is 0 Å². The fourth-order valence-electron chi connectivity index (χ4n) is 2.84. The van der Waals surface area contributed by atoms with Gasteiger partial charge in [0.1, 0.15) is 0 Å². The van der Waals surface area contributed by atoms with Gasteiger partial charge in [-0.05, 0) is 17.0 Å². The Balaban J connectivity index is 0.00000156. The van der Waals surface area contributed by atoms with Gasteiger partial charge in [0.25, 0.3) is 0 Å². The molecular formula is C19H20BrMgNO3. The minimum absolute atomic E-state index is 0. The zero-order valence-corrected chi connectivity index (χ0v) is 17.1. The summed E-state index contributed by atoms with van der Waals surface area (Å²) >= 11 is 0. The molecule has 1 unspecified atom stereocenters. The second-order valence-electron chi connectivity index (χ2n) is 5.70.